The molecule has 4 atom stereocenters. The van der Waals surface area contributed by atoms with E-state index in [0.29, 0.717) is 19.4 Å². The van der Waals surface area contributed by atoms with Crippen LogP contribution in [-0.4, -0.2) is 74.4 Å². The van der Waals surface area contributed by atoms with E-state index in [1.807, 2.05) is 54.7 Å². The Morgan fingerprint density at radius 2 is 1.49 bits per heavy atom. The van der Waals surface area contributed by atoms with E-state index in [1.54, 1.807) is 20.0 Å². The zero-order valence-electron chi connectivity index (χ0n) is 24.3. The number of hydrogen-bond acceptors (Lipinski definition) is 5. The van der Waals surface area contributed by atoms with Gasteiger partial charge in [-0.3, -0.25) is 14.4 Å². The van der Waals surface area contributed by atoms with Crippen LogP contribution in [0.15, 0.2) is 60.9 Å². The minimum Gasteiger partial charge on any atom is -0.480 e. The summed E-state index contributed by atoms with van der Waals surface area (Å²) in [4.78, 5) is 60.2. The molecule has 226 valence electrons. The van der Waals surface area contributed by atoms with Crippen molar-refractivity contribution in [2.45, 2.75) is 63.7 Å². The third-order valence-corrected chi connectivity index (χ3v) is 8.23. The van der Waals surface area contributed by atoms with Crippen molar-refractivity contribution in [1.82, 2.24) is 25.5 Å². The van der Waals surface area contributed by atoms with Gasteiger partial charge in [0.25, 0.3) is 0 Å². The number of carboxylic acids is 1. The maximum atomic E-state index is 13.8. The number of rotatable bonds is 11. The lowest BCUT2D eigenvalue weighted by Gasteiger charge is -2.30. The van der Waals surface area contributed by atoms with Crippen LogP contribution in [0, 0.1) is 5.92 Å². The molecule has 0 spiro atoms. The molecule has 1 aliphatic heterocycles. The summed E-state index contributed by atoms with van der Waals surface area (Å²) in [6, 6.07) is 11.5. The van der Waals surface area contributed by atoms with Gasteiger partial charge in [-0.25, -0.2) is 4.79 Å². The highest BCUT2D eigenvalue weighted by atomic mass is 16.4. The van der Waals surface area contributed by atoms with Crippen LogP contribution in [0.1, 0.15) is 37.8 Å². The Morgan fingerprint density at radius 3 is 2.07 bits per heavy atom. The first-order chi connectivity index (χ1) is 20.6. The van der Waals surface area contributed by atoms with Gasteiger partial charge in [-0.1, -0.05) is 50.2 Å². The third kappa shape index (κ3) is 6.41. The number of H-pyrrole nitrogens is 2. The van der Waals surface area contributed by atoms with Gasteiger partial charge in [-0.15, -0.1) is 0 Å². The molecular formula is C32H38N6O5. The number of carbonyl (C=O) groups is 4. The number of aromatic nitrogens is 2. The molecule has 0 bridgehead atoms. The molecule has 11 nitrogen and oxygen atoms in total. The van der Waals surface area contributed by atoms with Gasteiger partial charge in [0, 0.05) is 47.2 Å². The molecule has 3 amide bonds. The summed E-state index contributed by atoms with van der Waals surface area (Å²) in [7, 11) is 0. The van der Waals surface area contributed by atoms with Crippen LogP contribution in [0.4, 0.5) is 0 Å². The van der Waals surface area contributed by atoms with Gasteiger partial charge >= 0.3 is 5.97 Å². The van der Waals surface area contributed by atoms with Gasteiger partial charge in [0.2, 0.25) is 17.7 Å². The molecule has 2 aromatic carbocycles. The summed E-state index contributed by atoms with van der Waals surface area (Å²) in [6.45, 7) is 3.89. The van der Waals surface area contributed by atoms with Gasteiger partial charge in [-0.2, -0.15) is 0 Å². The smallest absolute Gasteiger partial charge is 0.326 e. The van der Waals surface area contributed by atoms with Gasteiger partial charge < -0.3 is 36.3 Å². The molecule has 7 N–H and O–H groups in total. The molecule has 3 heterocycles. The number of likely N-dealkylation sites (tertiary alicyclic amines) is 1. The van der Waals surface area contributed by atoms with E-state index in [0.717, 1.165) is 32.9 Å². The van der Waals surface area contributed by atoms with E-state index in [4.69, 9.17) is 5.73 Å². The fourth-order valence-electron chi connectivity index (χ4n) is 5.87. The minimum absolute atomic E-state index is 0.155. The van der Waals surface area contributed by atoms with Crippen LogP contribution in [-0.2, 0) is 32.0 Å². The lowest BCUT2D eigenvalue weighted by atomic mass is 9.99. The van der Waals surface area contributed by atoms with Crippen LogP contribution < -0.4 is 16.4 Å². The summed E-state index contributed by atoms with van der Waals surface area (Å²) in [5.41, 5.74) is 9.89. The Hall–Kier alpha value is -4.64. The summed E-state index contributed by atoms with van der Waals surface area (Å²) in [5.74, 6) is -2.87. The zero-order valence-corrected chi connectivity index (χ0v) is 24.3. The second-order valence-corrected chi connectivity index (χ2v) is 11.6. The normalized spacial score (nSPS) is 17.2. The van der Waals surface area contributed by atoms with Crippen molar-refractivity contribution < 1.29 is 24.3 Å². The van der Waals surface area contributed by atoms with Crippen molar-refractivity contribution in [1.29, 1.82) is 0 Å². The van der Waals surface area contributed by atoms with E-state index in [9.17, 15) is 24.3 Å². The van der Waals surface area contributed by atoms with Crippen molar-refractivity contribution in [3.63, 3.8) is 0 Å². The largest absolute Gasteiger partial charge is 0.480 e. The van der Waals surface area contributed by atoms with E-state index in [-0.39, 0.29) is 18.8 Å². The van der Waals surface area contributed by atoms with Crippen molar-refractivity contribution in [2.24, 2.45) is 11.7 Å². The number of fused-ring (bicyclic) bond motifs is 2. The lowest BCUT2D eigenvalue weighted by molar-refractivity contribution is -0.150. The van der Waals surface area contributed by atoms with Crippen molar-refractivity contribution >= 4 is 45.5 Å². The molecule has 0 aliphatic carbocycles. The van der Waals surface area contributed by atoms with Crippen molar-refractivity contribution in [2.75, 3.05) is 6.54 Å². The van der Waals surface area contributed by atoms with Gasteiger partial charge in [0.05, 0.1) is 6.04 Å². The number of aromatic amines is 2. The molecule has 0 saturated carbocycles. The average molecular weight is 587 g/mol. The molecule has 43 heavy (non-hydrogen) atoms. The van der Waals surface area contributed by atoms with Crippen LogP contribution in [0.2, 0.25) is 0 Å². The zero-order chi connectivity index (χ0) is 30.7. The Balaban J connectivity index is 1.36. The number of carbonyl (C=O) groups excluding carboxylic acids is 3. The predicted octanol–water partition coefficient (Wildman–Crippen LogP) is 2.46. The maximum Gasteiger partial charge on any atom is 0.326 e. The highest BCUT2D eigenvalue weighted by Crippen LogP contribution is 2.23. The number of aliphatic carboxylic acids is 1. The first kappa shape index (κ1) is 29.8. The second kappa shape index (κ2) is 12.7. The van der Waals surface area contributed by atoms with Crippen molar-refractivity contribution in [3.05, 3.63) is 72.1 Å². The lowest BCUT2D eigenvalue weighted by Crippen LogP contribution is -2.59. The van der Waals surface area contributed by atoms with E-state index < -0.39 is 47.9 Å². The highest BCUT2D eigenvalue weighted by Gasteiger charge is 2.39. The highest BCUT2D eigenvalue weighted by molar-refractivity contribution is 5.95. The number of nitrogens with zero attached hydrogens (tertiary/aromatic N) is 1. The molecular weight excluding hydrogens is 548 g/mol. The van der Waals surface area contributed by atoms with Crippen molar-refractivity contribution in [3.8, 4) is 0 Å². The second-order valence-electron chi connectivity index (χ2n) is 11.6. The molecule has 5 rings (SSSR count). The topological polar surface area (TPSA) is 173 Å². The van der Waals surface area contributed by atoms with Gasteiger partial charge in [-0.05, 0) is 48.4 Å². The number of nitrogens with one attached hydrogen (secondary N) is 4. The molecule has 4 aromatic rings. The maximum absolute atomic E-state index is 13.8. The summed E-state index contributed by atoms with van der Waals surface area (Å²) < 4.78 is 0. The third-order valence-electron chi connectivity index (χ3n) is 8.23. The predicted molar refractivity (Wildman–Crippen MR) is 163 cm³/mol. The molecule has 11 heteroatoms. The molecule has 4 unspecified atom stereocenters. The summed E-state index contributed by atoms with van der Waals surface area (Å²) >= 11 is 0. The van der Waals surface area contributed by atoms with E-state index in [2.05, 4.69) is 20.6 Å². The fourth-order valence-corrected chi connectivity index (χ4v) is 5.87. The number of hydrogen-bond donors (Lipinski definition) is 6. The molecule has 2 aromatic heterocycles. The first-order valence-electron chi connectivity index (χ1n) is 14.6. The number of carboxylic acid groups (broad SMARTS) is 1. The first-order valence-corrected chi connectivity index (χ1v) is 14.6. The molecule has 1 fully saturated rings. The Bertz CT molecular complexity index is 1640. The SMILES string of the molecule is CC(C)C(NC(=O)C(Cc1c[nH]c2ccccc12)NC(=O)C(N)Cc1c[nH]c2ccccc12)C(=O)N1CCCC1C(=O)O. The van der Waals surface area contributed by atoms with Crippen LogP contribution in [0.25, 0.3) is 21.8 Å². The fraction of sp³-hybridized carbons (Fsp3) is 0.375. The number of nitrogens with two attached hydrogens (primary N) is 1. The summed E-state index contributed by atoms with van der Waals surface area (Å²) in [5, 5.41) is 17.2. The molecule has 1 aliphatic rings. The van der Waals surface area contributed by atoms with E-state index >= 15 is 0 Å². The standard InChI is InChI=1S/C32H38N6O5/c1-18(2)28(31(41)38-13-7-12-27(38)32(42)43)37-30(40)26(15-20-17-35-25-11-6-4-9-22(20)25)36-29(39)23(33)14-19-16-34-24-10-5-3-8-21(19)24/h3-6,8-11,16-18,23,26-28,34-35H,7,12-15,33H2,1-2H3,(H,36,39)(H,37,40)(H,42,43). The van der Waals surface area contributed by atoms with Crippen LogP contribution in [0.3, 0.4) is 0 Å². The number of amides is 3. The monoisotopic (exact) mass is 586 g/mol. The van der Waals surface area contributed by atoms with Crippen LogP contribution in [0.5, 0.6) is 0 Å². The molecule has 0 radical (unpaired) electrons. The average Bonchev–Trinajstić information content (AvgIpc) is 3.74. The Kier molecular flexibility index (Phi) is 8.81. The molecule has 1 saturated heterocycles. The number of para-hydroxylation sites is 2. The minimum atomic E-state index is -1.06. The summed E-state index contributed by atoms with van der Waals surface area (Å²) in [6.07, 6.45) is 4.99. The van der Waals surface area contributed by atoms with Gasteiger partial charge in [0.15, 0.2) is 0 Å². The Labute approximate surface area is 249 Å². The van der Waals surface area contributed by atoms with E-state index in [1.165, 1.54) is 4.90 Å². The number of benzene rings is 2. The Morgan fingerprint density at radius 1 is 0.907 bits per heavy atom. The van der Waals surface area contributed by atoms with Gasteiger partial charge in [0.1, 0.15) is 18.1 Å². The van der Waals surface area contributed by atoms with Crippen LogP contribution >= 0.6 is 0 Å². The quantitative estimate of drug-likeness (QED) is 0.157.